The second-order valence-electron chi connectivity index (χ2n) is 8.37. The summed E-state index contributed by atoms with van der Waals surface area (Å²) in [6, 6.07) is 0. The van der Waals surface area contributed by atoms with Crippen molar-refractivity contribution in [3.63, 3.8) is 0 Å². The van der Waals surface area contributed by atoms with Crippen LogP contribution in [0.3, 0.4) is 0 Å². The van der Waals surface area contributed by atoms with Crippen LogP contribution in [0.15, 0.2) is 41.5 Å². The number of ether oxygens (including phenoxy) is 2. The molecule has 6 nitrogen and oxygen atoms in total. The van der Waals surface area contributed by atoms with Gasteiger partial charge in [-0.25, -0.2) is 9.78 Å². The zero-order valence-electron chi connectivity index (χ0n) is 17.0. The van der Waals surface area contributed by atoms with Gasteiger partial charge in [0.05, 0.1) is 18.8 Å². The number of aromatic nitrogens is 1. The summed E-state index contributed by atoms with van der Waals surface area (Å²) in [7, 11) is 0. The molecule has 5 atom stereocenters. The maximum absolute atomic E-state index is 11.1. The van der Waals surface area contributed by atoms with Crippen LogP contribution in [0.1, 0.15) is 66.5 Å². The molecule has 0 spiro atoms. The lowest BCUT2D eigenvalue weighted by Crippen LogP contribution is -2.32. The predicted octanol–water partition coefficient (Wildman–Crippen LogP) is 4.65. The summed E-state index contributed by atoms with van der Waals surface area (Å²) in [5, 5.41) is 22.0. The van der Waals surface area contributed by atoms with Crippen molar-refractivity contribution in [2.75, 3.05) is 6.61 Å². The van der Waals surface area contributed by atoms with Crippen molar-refractivity contribution in [1.29, 1.82) is 0 Å². The van der Waals surface area contributed by atoms with Crippen molar-refractivity contribution in [3.05, 3.63) is 52.2 Å². The van der Waals surface area contributed by atoms with Gasteiger partial charge < -0.3 is 19.7 Å². The van der Waals surface area contributed by atoms with Crippen LogP contribution in [0.25, 0.3) is 0 Å². The third kappa shape index (κ3) is 4.68. The van der Waals surface area contributed by atoms with Gasteiger partial charge in [-0.15, -0.1) is 11.3 Å². The number of aromatic carboxylic acids is 1. The van der Waals surface area contributed by atoms with E-state index in [4.69, 9.17) is 14.6 Å². The molecule has 2 heterocycles. The van der Waals surface area contributed by atoms with Gasteiger partial charge in [-0.3, -0.25) is 0 Å². The Morgan fingerprint density at radius 3 is 3.03 bits per heavy atom. The summed E-state index contributed by atoms with van der Waals surface area (Å²) in [5.41, 5.74) is 1.08. The van der Waals surface area contributed by atoms with Gasteiger partial charge in [-0.05, 0) is 56.1 Å². The van der Waals surface area contributed by atoms with Crippen molar-refractivity contribution < 1.29 is 24.5 Å². The summed E-state index contributed by atoms with van der Waals surface area (Å²) in [4.78, 5) is 15.3. The standard InChI is InChI=1S/C23H29NO5S/c1-14-7-5-3-2-4-6-8-19(14)28-12-16-15-9-10-20(29-21(15)11-18(16)25)22-24-17(13-30-22)23(26)27/h4,6,8,13,15-16,18,20-21,25H,1-3,5,7,9-12H2,(H,26,27)/b6-4-,19-8?/t15-,16-,18-,20-,21+/m1/s1. The van der Waals surface area contributed by atoms with E-state index >= 15 is 0 Å². The molecule has 162 valence electrons. The number of rotatable bonds is 5. The van der Waals surface area contributed by atoms with Gasteiger partial charge in [0, 0.05) is 17.7 Å². The molecule has 0 aromatic carbocycles. The fraction of sp³-hybridized carbons (Fsp3) is 0.565. The van der Waals surface area contributed by atoms with E-state index in [0.717, 1.165) is 49.9 Å². The zero-order valence-corrected chi connectivity index (χ0v) is 17.9. The SMILES string of the molecule is C=C1CCCC/C=C\C=C1OC[C@@H]1[C@H]2CC[C@H](c3nc(C(=O)O)cs3)O[C@H]2C[C@H]1O. The molecule has 2 aliphatic carbocycles. The molecular formula is C23H29NO5S. The molecule has 30 heavy (non-hydrogen) atoms. The molecule has 0 amide bonds. The molecule has 4 rings (SSSR count). The first-order valence-electron chi connectivity index (χ1n) is 10.7. The van der Waals surface area contributed by atoms with Crippen LogP contribution < -0.4 is 0 Å². The number of fused-ring (bicyclic) bond motifs is 1. The van der Waals surface area contributed by atoms with Crippen LogP contribution in [0.5, 0.6) is 0 Å². The number of hydrogen-bond acceptors (Lipinski definition) is 6. The Morgan fingerprint density at radius 1 is 1.37 bits per heavy atom. The summed E-state index contributed by atoms with van der Waals surface area (Å²) in [6.07, 6.45) is 12.0. The van der Waals surface area contributed by atoms with Gasteiger partial charge in [-0.1, -0.05) is 18.7 Å². The molecular weight excluding hydrogens is 402 g/mol. The highest BCUT2D eigenvalue weighted by molar-refractivity contribution is 7.09. The highest BCUT2D eigenvalue weighted by atomic mass is 32.1. The third-order valence-electron chi connectivity index (χ3n) is 6.38. The maximum Gasteiger partial charge on any atom is 0.355 e. The summed E-state index contributed by atoms with van der Waals surface area (Å²) in [5.74, 6) is 0.0563. The number of carbonyl (C=O) groups is 1. The fourth-order valence-electron chi connectivity index (χ4n) is 4.71. The smallest absolute Gasteiger partial charge is 0.355 e. The number of allylic oxidation sites excluding steroid dienone is 4. The van der Waals surface area contributed by atoms with E-state index in [1.54, 1.807) is 5.38 Å². The third-order valence-corrected chi connectivity index (χ3v) is 7.31. The Bertz CT molecular complexity index is 844. The van der Waals surface area contributed by atoms with Gasteiger partial charge in [0.1, 0.15) is 16.9 Å². The Labute approximate surface area is 180 Å². The van der Waals surface area contributed by atoms with Crippen LogP contribution in [-0.2, 0) is 9.47 Å². The van der Waals surface area contributed by atoms with E-state index in [1.165, 1.54) is 11.3 Å². The topological polar surface area (TPSA) is 88.9 Å². The Balaban J connectivity index is 1.37. The molecule has 7 heteroatoms. The molecule has 0 radical (unpaired) electrons. The minimum Gasteiger partial charge on any atom is -0.493 e. The molecule has 3 aliphatic rings. The van der Waals surface area contributed by atoms with Crippen LogP contribution in [0.2, 0.25) is 0 Å². The zero-order chi connectivity index (χ0) is 21.1. The lowest BCUT2D eigenvalue weighted by molar-refractivity contribution is -0.0825. The van der Waals surface area contributed by atoms with Crippen molar-refractivity contribution in [2.24, 2.45) is 11.8 Å². The minimum absolute atomic E-state index is 0.0205. The van der Waals surface area contributed by atoms with E-state index in [2.05, 4.69) is 17.6 Å². The molecule has 1 aliphatic heterocycles. The van der Waals surface area contributed by atoms with Crippen LogP contribution >= 0.6 is 11.3 Å². The van der Waals surface area contributed by atoms with E-state index in [-0.39, 0.29) is 29.7 Å². The maximum atomic E-state index is 11.1. The Morgan fingerprint density at radius 2 is 2.23 bits per heavy atom. The lowest BCUT2D eigenvalue weighted by atomic mass is 9.87. The molecule has 1 saturated heterocycles. The second kappa shape index (κ2) is 9.45. The predicted molar refractivity (Wildman–Crippen MR) is 114 cm³/mol. The highest BCUT2D eigenvalue weighted by Gasteiger charge is 2.47. The number of thiazole rings is 1. The minimum atomic E-state index is -1.02. The molecule has 1 aromatic rings. The average Bonchev–Trinajstić information content (AvgIpc) is 3.34. The van der Waals surface area contributed by atoms with Gasteiger partial charge in [0.15, 0.2) is 5.69 Å². The molecule has 1 saturated carbocycles. The summed E-state index contributed by atoms with van der Waals surface area (Å²) < 4.78 is 12.4. The molecule has 0 unspecified atom stereocenters. The van der Waals surface area contributed by atoms with E-state index in [1.807, 2.05) is 12.2 Å². The first kappa shape index (κ1) is 21.3. The molecule has 2 N–H and O–H groups in total. The normalized spacial score (nSPS) is 33.0. The van der Waals surface area contributed by atoms with Crippen molar-refractivity contribution >= 4 is 17.3 Å². The van der Waals surface area contributed by atoms with Gasteiger partial charge >= 0.3 is 5.97 Å². The van der Waals surface area contributed by atoms with Crippen LogP contribution in [-0.4, -0.2) is 40.0 Å². The first-order valence-corrected chi connectivity index (χ1v) is 11.6. The monoisotopic (exact) mass is 431 g/mol. The average molecular weight is 432 g/mol. The lowest BCUT2D eigenvalue weighted by Gasteiger charge is -2.34. The van der Waals surface area contributed by atoms with Crippen LogP contribution in [0.4, 0.5) is 0 Å². The number of carboxylic acid groups (broad SMARTS) is 1. The van der Waals surface area contributed by atoms with E-state index in [9.17, 15) is 9.90 Å². The van der Waals surface area contributed by atoms with Gasteiger partial charge in [0.25, 0.3) is 0 Å². The summed E-state index contributed by atoms with van der Waals surface area (Å²) in [6.45, 7) is 4.63. The largest absolute Gasteiger partial charge is 0.493 e. The Hall–Kier alpha value is -1.96. The Kier molecular flexibility index (Phi) is 6.71. The quantitative estimate of drug-likeness (QED) is 0.706. The number of hydrogen-bond donors (Lipinski definition) is 2. The fourth-order valence-corrected chi connectivity index (χ4v) is 5.57. The molecule has 2 fully saturated rings. The van der Waals surface area contributed by atoms with Crippen molar-refractivity contribution in [1.82, 2.24) is 4.98 Å². The van der Waals surface area contributed by atoms with Crippen LogP contribution in [0, 0.1) is 11.8 Å². The van der Waals surface area contributed by atoms with E-state index < -0.39 is 12.1 Å². The van der Waals surface area contributed by atoms with E-state index in [0.29, 0.717) is 18.0 Å². The molecule has 0 bridgehead atoms. The van der Waals surface area contributed by atoms with Crippen molar-refractivity contribution in [3.8, 4) is 0 Å². The number of carboxylic acids is 1. The number of aliphatic hydroxyl groups is 1. The highest BCUT2D eigenvalue weighted by Crippen LogP contribution is 2.46. The molecule has 1 aromatic heterocycles. The number of nitrogens with zero attached hydrogens (tertiary/aromatic N) is 1. The van der Waals surface area contributed by atoms with Gasteiger partial charge in [0.2, 0.25) is 0 Å². The number of aliphatic hydroxyl groups excluding tert-OH is 1. The first-order chi connectivity index (χ1) is 14.5. The second-order valence-corrected chi connectivity index (χ2v) is 9.26. The van der Waals surface area contributed by atoms with Gasteiger partial charge in [-0.2, -0.15) is 0 Å². The summed E-state index contributed by atoms with van der Waals surface area (Å²) >= 11 is 1.33. The van der Waals surface area contributed by atoms with Crippen molar-refractivity contribution in [2.45, 2.75) is 63.3 Å².